The van der Waals surface area contributed by atoms with Gasteiger partial charge in [0.15, 0.2) is 5.43 Å². The molecule has 0 radical (unpaired) electrons. The molecule has 2 aromatic heterocycles. The fourth-order valence-electron chi connectivity index (χ4n) is 3.05. The van der Waals surface area contributed by atoms with Gasteiger partial charge in [0.05, 0.1) is 19.1 Å². The zero-order valence-electron chi connectivity index (χ0n) is 16.9. The minimum Gasteiger partial charge on any atom is -0.497 e. The highest BCUT2D eigenvalue weighted by Crippen LogP contribution is 2.26. The minimum atomic E-state index is -0.503. The van der Waals surface area contributed by atoms with Crippen LogP contribution in [0.25, 0.3) is 22.3 Å². The van der Waals surface area contributed by atoms with Crippen LogP contribution in [0.1, 0.15) is 17.3 Å². The van der Waals surface area contributed by atoms with Gasteiger partial charge in [0.1, 0.15) is 34.8 Å². The lowest BCUT2D eigenvalue weighted by Crippen LogP contribution is -2.09. The third-order valence-electron chi connectivity index (χ3n) is 4.57. The van der Waals surface area contributed by atoms with E-state index in [-0.39, 0.29) is 17.6 Å². The summed E-state index contributed by atoms with van der Waals surface area (Å²) in [5, 5.41) is 3.54. The van der Waals surface area contributed by atoms with Gasteiger partial charge in [0.2, 0.25) is 0 Å². The second-order valence-corrected chi connectivity index (χ2v) is 6.54. The van der Waals surface area contributed by atoms with Crippen molar-refractivity contribution in [2.24, 2.45) is 0 Å². The van der Waals surface area contributed by atoms with Crippen LogP contribution < -0.4 is 15.5 Å². The number of carbonyl (C=O) groups excluding carboxylic acids is 1. The SMILES string of the molecule is CCOC(=O)c1cncnc1Nc1ccc(-c2cc(=O)c3cc(OC)ccc3o2)cc1. The molecule has 0 unspecified atom stereocenters. The maximum absolute atomic E-state index is 12.5. The maximum atomic E-state index is 12.5. The van der Waals surface area contributed by atoms with E-state index in [1.54, 1.807) is 56.5 Å². The molecule has 0 atom stereocenters. The third-order valence-corrected chi connectivity index (χ3v) is 4.57. The summed E-state index contributed by atoms with van der Waals surface area (Å²) in [7, 11) is 1.55. The molecule has 0 bridgehead atoms. The number of methoxy groups -OCH3 is 1. The zero-order chi connectivity index (χ0) is 21.8. The van der Waals surface area contributed by atoms with Crippen LogP contribution >= 0.6 is 0 Å². The van der Waals surface area contributed by atoms with Crippen molar-refractivity contribution < 1.29 is 18.7 Å². The number of nitrogens with zero attached hydrogens (tertiary/aromatic N) is 2. The van der Waals surface area contributed by atoms with Crippen molar-refractivity contribution in [2.75, 3.05) is 19.0 Å². The number of hydrogen-bond acceptors (Lipinski definition) is 8. The highest BCUT2D eigenvalue weighted by molar-refractivity contribution is 5.95. The number of carbonyl (C=O) groups is 1. The molecule has 0 saturated heterocycles. The van der Waals surface area contributed by atoms with Crippen molar-refractivity contribution in [1.29, 1.82) is 0 Å². The van der Waals surface area contributed by atoms with E-state index >= 15 is 0 Å². The summed E-state index contributed by atoms with van der Waals surface area (Å²) in [6.07, 6.45) is 2.75. The minimum absolute atomic E-state index is 0.155. The van der Waals surface area contributed by atoms with Gasteiger partial charge in [-0.1, -0.05) is 0 Å². The summed E-state index contributed by atoms with van der Waals surface area (Å²) in [6.45, 7) is 1.99. The van der Waals surface area contributed by atoms with Gasteiger partial charge in [-0.2, -0.15) is 0 Å². The second kappa shape index (κ2) is 8.66. The summed E-state index contributed by atoms with van der Waals surface area (Å²) < 4.78 is 16.1. The number of benzene rings is 2. The highest BCUT2D eigenvalue weighted by atomic mass is 16.5. The van der Waals surface area contributed by atoms with E-state index in [1.165, 1.54) is 18.6 Å². The lowest BCUT2D eigenvalue weighted by Gasteiger charge is -2.10. The molecule has 2 aromatic carbocycles. The van der Waals surface area contributed by atoms with Crippen LogP contribution in [-0.4, -0.2) is 29.7 Å². The van der Waals surface area contributed by atoms with Gasteiger partial charge in [-0.05, 0) is 49.4 Å². The average Bonchev–Trinajstić information content (AvgIpc) is 2.80. The first-order chi connectivity index (χ1) is 15.1. The summed E-state index contributed by atoms with van der Waals surface area (Å²) >= 11 is 0. The first-order valence-corrected chi connectivity index (χ1v) is 9.55. The standard InChI is InChI=1S/C23H19N3O5/c1-3-30-23(28)18-12-24-13-25-22(18)26-15-6-4-14(5-7-15)21-11-19(27)17-10-16(29-2)8-9-20(17)31-21/h4-13H,3H2,1-2H3,(H,24,25,26). The number of hydrogen-bond donors (Lipinski definition) is 1. The number of esters is 1. The van der Waals surface area contributed by atoms with Crippen LogP contribution in [0.15, 0.2) is 70.3 Å². The normalized spacial score (nSPS) is 10.6. The largest absolute Gasteiger partial charge is 0.497 e. The molecule has 31 heavy (non-hydrogen) atoms. The molecule has 0 spiro atoms. The molecular weight excluding hydrogens is 398 g/mol. The van der Waals surface area contributed by atoms with Crippen molar-refractivity contribution in [2.45, 2.75) is 6.92 Å². The van der Waals surface area contributed by atoms with Gasteiger partial charge >= 0.3 is 5.97 Å². The molecule has 8 heteroatoms. The van der Waals surface area contributed by atoms with Crippen LogP contribution in [-0.2, 0) is 4.74 Å². The van der Waals surface area contributed by atoms with E-state index in [4.69, 9.17) is 13.9 Å². The smallest absolute Gasteiger partial charge is 0.343 e. The van der Waals surface area contributed by atoms with Gasteiger partial charge in [-0.15, -0.1) is 0 Å². The summed E-state index contributed by atoms with van der Waals surface area (Å²) in [5.74, 6) is 0.877. The van der Waals surface area contributed by atoms with Crippen LogP contribution in [0.5, 0.6) is 5.75 Å². The van der Waals surface area contributed by atoms with E-state index in [0.29, 0.717) is 34.0 Å². The first kappa shape index (κ1) is 20.1. The molecule has 2 heterocycles. The van der Waals surface area contributed by atoms with E-state index in [2.05, 4.69) is 15.3 Å². The highest BCUT2D eigenvalue weighted by Gasteiger charge is 2.14. The molecule has 4 rings (SSSR count). The van der Waals surface area contributed by atoms with Crippen molar-refractivity contribution in [3.05, 3.63) is 76.8 Å². The fourth-order valence-corrected chi connectivity index (χ4v) is 3.05. The Labute approximate surface area is 177 Å². The Hall–Kier alpha value is -4.20. The van der Waals surface area contributed by atoms with Gasteiger partial charge in [-0.3, -0.25) is 4.79 Å². The summed E-state index contributed by atoms with van der Waals surface area (Å²) in [5.41, 5.74) is 1.99. The molecule has 156 valence electrons. The predicted octanol–water partition coefficient (Wildman–Crippen LogP) is 4.18. The molecule has 0 aliphatic rings. The molecule has 0 aliphatic heterocycles. The molecule has 0 fully saturated rings. The van der Waals surface area contributed by atoms with Crippen molar-refractivity contribution in [3.63, 3.8) is 0 Å². The maximum Gasteiger partial charge on any atom is 0.343 e. The fraction of sp³-hybridized carbons (Fsp3) is 0.130. The van der Waals surface area contributed by atoms with Gasteiger partial charge in [0, 0.05) is 23.5 Å². The lowest BCUT2D eigenvalue weighted by molar-refractivity contribution is 0.0526. The zero-order valence-corrected chi connectivity index (χ0v) is 16.9. The van der Waals surface area contributed by atoms with Crippen LogP contribution in [0.3, 0.4) is 0 Å². The Bertz CT molecular complexity index is 1300. The third kappa shape index (κ3) is 4.23. The molecule has 8 nitrogen and oxygen atoms in total. The van der Waals surface area contributed by atoms with Crippen LogP contribution in [0.4, 0.5) is 11.5 Å². The number of anilines is 2. The van der Waals surface area contributed by atoms with Crippen molar-refractivity contribution >= 4 is 28.4 Å². The number of rotatable bonds is 6. The Morgan fingerprint density at radius 3 is 2.68 bits per heavy atom. The lowest BCUT2D eigenvalue weighted by atomic mass is 10.1. The van der Waals surface area contributed by atoms with E-state index in [0.717, 1.165) is 5.56 Å². The van der Waals surface area contributed by atoms with Gasteiger partial charge in [-0.25, -0.2) is 14.8 Å². The van der Waals surface area contributed by atoms with Crippen LogP contribution in [0, 0.1) is 0 Å². The quantitative estimate of drug-likeness (QED) is 0.466. The molecule has 4 aromatic rings. The Morgan fingerprint density at radius 2 is 1.94 bits per heavy atom. The second-order valence-electron chi connectivity index (χ2n) is 6.54. The Balaban J connectivity index is 1.61. The summed E-state index contributed by atoms with van der Waals surface area (Å²) in [6, 6.07) is 13.8. The average molecular weight is 417 g/mol. The summed E-state index contributed by atoms with van der Waals surface area (Å²) in [4.78, 5) is 32.6. The number of nitrogens with one attached hydrogen (secondary N) is 1. The predicted molar refractivity (Wildman–Crippen MR) is 116 cm³/mol. The molecule has 0 saturated carbocycles. The monoisotopic (exact) mass is 417 g/mol. The number of fused-ring (bicyclic) bond motifs is 1. The van der Waals surface area contributed by atoms with Crippen LogP contribution in [0.2, 0.25) is 0 Å². The Morgan fingerprint density at radius 1 is 1.13 bits per heavy atom. The molecule has 0 amide bonds. The Kier molecular flexibility index (Phi) is 5.61. The van der Waals surface area contributed by atoms with Crippen molar-refractivity contribution in [3.8, 4) is 17.1 Å². The first-order valence-electron chi connectivity index (χ1n) is 9.55. The van der Waals surface area contributed by atoms with E-state index in [1.807, 2.05) is 0 Å². The van der Waals surface area contributed by atoms with E-state index < -0.39 is 5.97 Å². The number of aromatic nitrogens is 2. The van der Waals surface area contributed by atoms with Gasteiger partial charge < -0.3 is 19.2 Å². The molecule has 1 N–H and O–H groups in total. The topological polar surface area (TPSA) is 104 Å². The van der Waals surface area contributed by atoms with Gasteiger partial charge in [0.25, 0.3) is 0 Å². The molecular formula is C23H19N3O5. The number of ether oxygens (including phenoxy) is 2. The van der Waals surface area contributed by atoms with Crippen molar-refractivity contribution in [1.82, 2.24) is 9.97 Å². The molecule has 0 aliphatic carbocycles. The van der Waals surface area contributed by atoms with E-state index in [9.17, 15) is 9.59 Å².